The molecular formula is C14H20ClN3OS. The van der Waals surface area contributed by atoms with Gasteiger partial charge in [0, 0.05) is 22.9 Å². The number of hydrogen-bond acceptors (Lipinski definition) is 5. The number of benzene rings is 1. The summed E-state index contributed by atoms with van der Waals surface area (Å²) in [4.78, 5) is 5.68. The Labute approximate surface area is 130 Å². The zero-order valence-electron chi connectivity index (χ0n) is 12.1. The standard InChI is InChI=1S/C14H19N3OS.ClH/c1-9-5-6-11(19-4)8-12(9)14-16-13(17-18-14)7-10(2)15-3;/h5-6,8,10,15H,7H2,1-4H3;1H. The van der Waals surface area contributed by atoms with E-state index >= 15 is 0 Å². The van der Waals surface area contributed by atoms with Crippen molar-refractivity contribution < 1.29 is 4.52 Å². The highest BCUT2D eigenvalue weighted by molar-refractivity contribution is 7.98. The normalized spacial score (nSPS) is 12.0. The van der Waals surface area contributed by atoms with E-state index in [1.807, 2.05) is 7.05 Å². The van der Waals surface area contributed by atoms with Crippen molar-refractivity contribution in [3.63, 3.8) is 0 Å². The molecule has 0 fully saturated rings. The molecule has 6 heteroatoms. The van der Waals surface area contributed by atoms with Gasteiger partial charge in [0.25, 0.3) is 5.89 Å². The summed E-state index contributed by atoms with van der Waals surface area (Å²) in [6, 6.07) is 6.62. The molecular weight excluding hydrogens is 294 g/mol. The number of thioether (sulfide) groups is 1. The Kier molecular flexibility index (Phi) is 6.52. The first-order valence-corrected chi connectivity index (χ1v) is 7.51. The van der Waals surface area contributed by atoms with Crippen molar-refractivity contribution in [2.75, 3.05) is 13.3 Å². The lowest BCUT2D eigenvalue weighted by molar-refractivity contribution is 0.418. The van der Waals surface area contributed by atoms with Gasteiger partial charge >= 0.3 is 0 Å². The van der Waals surface area contributed by atoms with Crippen LogP contribution in [-0.2, 0) is 6.42 Å². The third-order valence-electron chi connectivity index (χ3n) is 3.12. The summed E-state index contributed by atoms with van der Waals surface area (Å²) >= 11 is 1.71. The van der Waals surface area contributed by atoms with Gasteiger partial charge in [0.1, 0.15) is 0 Å². The van der Waals surface area contributed by atoms with Gasteiger partial charge in [-0.05, 0) is 44.8 Å². The Bertz CT molecular complexity index is 559. The van der Waals surface area contributed by atoms with Crippen molar-refractivity contribution in [3.05, 3.63) is 29.6 Å². The maximum Gasteiger partial charge on any atom is 0.258 e. The van der Waals surface area contributed by atoms with Crippen LogP contribution in [0.2, 0.25) is 0 Å². The molecule has 0 aliphatic heterocycles. The molecule has 0 saturated carbocycles. The lowest BCUT2D eigenvalue weighted by atomic mass is 10.1. The van der Waals surface area contributed by atoms with Gasteiger partial charge in [0.05, 0.1) is 0 Å². The first-order valence-electron chi connectivity index (χ1n) is 6.29. The lowest BCUT2D eigenvalue weighted by Crippen LogP contribution is -2.24. The predicted molar refractivity (Wildman–Crippen MR) is 85.7 cm³/mol. The number of aromatic nitrogens is 2. The number of hydrogen-bond donors (Lipinski definition) is 1. The second-order valence-corrected chi connectivity index (χ2v) is 5.47. The molecule has 0 amide bonds. The first kappa shape index (κ1) is 17.0. The average Bonchev–Trinajstić information content (AvgIpc) is 2.87. The van der Waals surface area contributed by atoms with E-state index in [1.165, 1.54) is 4.90 Å². The first-order chi connectivity index (χ1) is 9.13. The molecule has 0 spiro atoms. The van der Waals surface area contributed by atoms with E-state index in [1.54, 1.807) is 11.8 Å². The molecule has 2 aromatic rings. The second-order valence-electron chi connectivity index (χ2n) is 4.59. The Hall–Kier alpha value is -1.04. The predicted octanol–water partition coefficient (Wildman–Crippen LogP) is 3.34. The monoisotopic (exact) mass is 313 g/mol. The van der Waals surface area contributed by atoms with Gasteiger partial charge in [0.15, 0.2) is 5.82 Å². The van der Waals surface area contributed by atoms with E-state index < -0.39 is 0 Å². The number of aryl methyl sites for hydroxylation is 1. The molecule has 110 valence electrons. The maximum absolute atomic E-state index is 5.38. The minimum Gasteiger partial charge on any atom is -0.334 e. The Balaban J connectivity index is 0.00000200. The molecule has 0 saturated heterocycles. The number of nitrogens with one attached hydrogen (secondary N) is 1. The van der Waals surface area contributed by atoms with E-state index in [0.717, 1.165) is 23.4 Å². The van der Waals surface area contributed by atoms with E-state index in [2.05, 4.69) is 53.8 Å². The quantitative estimate of drug-likeness (QED) is 0.858. The van der Waals surface area contributed by atoms with Crippen LogP contribution in [0.4, 0.5) is 0 Å². The highest BCUT2D eigenvalue weighted by Gasteiger charge is 2.13. The molecule has 0 aliphatic carbocycles. The van der Waals surface area contributed by atoms with Crippen LogP contribution in [0.25, 0.3) is 11.5 Å². The minimum absolute atomic E-state index is 0. The van der Waals surface area contributed by atoms with Gasteiger partial charge in [0.2, 0.25) is 0 Å². The summed E-state index contributed by atoms with van der Waals surface area (Å²) in [5.41, 5.74) is 2.16. The highest BCUT2D eigenvalue weighted by Crippen LogP contribution is 2.26. The van der Waals surface area contributed by atoms with Gasteiger partial charge < -0.3 is 9.84 Å². The summed E-state index contributed by atoms with van der Waals surface area (Å²) in [7, 11) is 1.93. The van der Waals surface area contributed by atoms with E-state index in [4.69, 9.17) is 4.52 Å². The van der Waals surface area contributed by atoms with Crippen molar-refractivity contribution in [1.29, 1.82) is 0 Å². The van der Waals surface area contributed by atoms with Crippen LogP contribution in [0.1, 0.15) is 18.3 Å². The molecule has 1 N–H and O–H groups in total. The van der Waals surface area contributed by atoms with Gasteiger partial charge in [-0.1, -0.05) is 11.2 Å². The Morgan fingerprint density at radius 2 is 2.15 bits per heavy atom. The molecule has 1 aromatic carbocycles. The van der Waals surface area contributed by atoms with Gasteiger partial charge in [-0.15, -0.1) is 24.2 Å². The maximum atomic E-state index is 5.38. The summed E-state index contributed by atoms with van der Waals surface area (Å²) in [6.07, 6.45) is 2.82. The van der Waals surface area contributed by atoms with Crippen LogP contribution in [0.15, 0.2) is 27.6 Å². The highest BCUT2D eigenvalue weighted by atomic mass is 35.5. The fraction of sp³-hybridized carbons (Fsp3) is 0.429. The second kappa shape index (κ2) is 7.67. The Morgan fingerprint density at radius 1 is 1.40 bits per heavy atom. The van der Waals surface area contributed by atoms with E-state index in [-0.39, 0.29) is 12.4 Å². The molecule has 0 aliphatic rings. The molecule has 20 heavy (non-hydrogen) atoms. The van der Waals surface area contributed by atoms with Crippen molar-refractivity contribution in [1.82, 2.24) is 15.5 Å². The summed E-state index contributed by atoms with van der Waals surface area (Å²) in [6.45, 7) is 4.15. The fourth-order valence-corrected chi connectivity index (χ4v) is 2.22. The van der Waals surface area contributed by atoms with Gasteiger partial charge in [-0.25, -0.2) is 0 Å². The largest absolute Gasteiger partial charge is 0.334 e. The zero-order chi connectivity index (χ0) is 13.8. The van der Waals surface area contributed by atoms with Crippen LogP contribution >= 0.6 is 24.2 Å². The Morgan fingerprint density at radius 3 is 2.80 bits per heavy atom. The van der Waals surface area contributed by atoms with E-state index in [9.17, 15) is 0 Å². The topological polar surface area (TPSA) is 51.0 Å². The van der Waals surface area contributed by atoms with Crippen LogP contribution in [-0.4, -0.2) is 29.5 Å². The van der Waals surface area contributed by atoms with Crippen molar-refractivity contribution in [3.8, 4) is 11.5 Å². The SMILES string of the molecule is CNC(C)Cc1noc(-c2cc(SC)ccc2C)n1.Cl. The third kappa shape index (κ3) is 3.98. The van der Waals surface area contributed by atoms with Crippen LogP contribution in [0, 0.1) is 6.92 Å². The van der Waals surface area contributed by atoms with Crippen LogP contribution in [0.5, 0.6) is 0 Å². The summed E-state index contributed by atoms with van der Waals surface area (Å²) < 4.78 is 5.38. The van der Waals surface area contributed by atoms with Gasteiger partial charge in [-0.2, -0.15) is 4.98 Å². The molecule has 1 aromatic heterocycles. The molecule has 0 radical (unpaired) electrons. The fourth-order valence-electron chi connectivity index (χ4n) is 1.78. The van der Waals surface area contributed by atoms with Crippen LogP contribution in [0.3, 0.4) is 0 Å². The number of nitrogens with zero attached hydrogens (tertiary/aromatic N) is 2. The van der Waals surface area contributed by atoms with Crippen molar-refractivity contribution in [2.24, 2.45) is 0 Å². The summed E-state index contributed by atoms with van der Waals surface area (Å²) in [5.74, 6) is 1.34. The molecule has 1 unspecified atom stereocenters. The molecule has 4 nitrogen and oxygen atoms in total. The lowest BCUT2D eigenvalue weighted by Gasteiger charge is -2.05. The third-order valence-corrected chi connectivity index (χ3v) is 3.85. The minimum atomic E-state index is 0. The molecule has 0 bridgehead atoms. The molecule has 2 rings (SSSR count). The smallest absolute Gasteiger partial charge is 0.258 e. The summed E-state index contributed by atoms with van der Waals surface area (Å²) in [5, 5.41) is 7.21. The zero-order valence-corrected chi connectivity index (χ0v) is 13.8. The van der Waals surface area contributed by atoms with Crippen LogP contribution < -0.4 is 5.32 Å². The average molecular weight is 314 g/mol. The number of likely N-dealkylation sites (N-methyl/N-ethyl adjacent to an activating group) is 1. The number of halogens is 1. The van der Waals surface area contributed by atoms with Crippen molar-refractivity contribution >= 4 is 24.2 Å². The molecule has 1 atom stereocenters. The van der Waals surface area contributed by atoms with Gasteiger partial charge in [-0.3, -0.25) is 0 Å². The number of rotatable bonds is 5. The molecule has 1 heterocycles. The van der Waals surface area contributed by atoms with Crippen molar-refractivity contribution in [2.45, 2.75) is 31.2 Å². The van der Waals surface area contributed by atoms with E-state index in [0.29, 0.717) is 11.9 Å².